The van der Waals surface area contributed by atoms with Crippen molar-refractivity contribution in [1.29, 1.82) is 0 Å². The van der Waals surface area contributed by atoms with E-state index in [9.17, 15) is 0 Å². The highest BCUT2D eigenvalue weighted by molar-refractivity contribution is 5.54. The molecule has 0 amide bonds. The summed E-state index contributed by atoms with van der Waals surface area (Å²) >= 11 is 0. The van der Waals surface area contributed by atoms with Crippen molar-refractivity contribution < 1.29 is 4.52 Å². The fourth-order valence-corrected chi connectivity index (χ4v) is 2.51. The normalized spacial score (nSPS) is 16.3. The fourth-order valence-electron chi connectivity index (χ4n) is 2.51. The molecule has 0 aliphatic heterocycles. The van der Waals surface area contributed by atoms with E-state index in [-0.39, 0.29) is 0 Å². The number of benzene rings is 1. The van der Waals surface area contributed by atoms with Gasteiger partial charge in [-0.05, 0) is 32.2 Å². The summed E-state index contributed by atoms with van der Waals surface area (Å²) in [7, 11) is 0. The average Bonchev–Trinajstić information content (AvgIpc) is 3.20. The summed E-state index contributed by atoms with van der Waals surface area (Å²) in [5.74, 6) is 2.20. The lowest BCUT2D eigenvalue weighted by Gasteiger charge is -2.14. The van der Waals surface area contributed by atoms with Gasteiger partial charge in [0.2, 0.25) is 11.7 Å². The van der Waals surface area contributed by atoms with Crippen molar-refractivity contribution in [3.63, 3.8) is 0 Å². The lowest BCUT2D eigenvalue weighted by atomic mass is 10.1. The van der Waals surface area contributed by atoms with Crippen molar-refractivity contribution in [3.05, 3.63) is 35.7 Å². The number of aryl methyl sites for hydroxylation is 1. The van der Waals surface area contributed by atoms with Gasteiger partial charge in [-0.2, -0.15) is 4.98 Å². The zero-order chi connectivity index (χ0) is 13.9. The Balaban J connectivity index is 1.71. The largest absolute Gasteiger partial charge is 0.339 e. The summed E-state index contributed by atoms with van der Waals surface area (Å²) in [5.41, 5.74) is 2.25. The first-order chi connectivity index (χ1) is 9.76. The molecule has 1 aromatic heterocycles. The van der Waals surface area contributed by atoms with E-state index in [0.717, 1.165) is 30.3 Å². The maximum absolute atomic E-state index is 5.40. The fraction of sp³-hybridized carbons (Fsp3) is 0.500. The summed E-state index contributed by atoms with van der Waals surface area (Å²) in [6, 6.07) is 8.68. The van der Waals surface area contributed by atoms with Gasteiger partial charge in [-0.25, -0.2) is 0 Å². The molecular formula is C16H21N3O. The average molecular weight is 271 g/mol. The summed E-state index contributed by atoms with van der Waals surface area (Å²) in [5, 5.41) is 7.62. The standard InChI is InChI=1S/C16H21N3O/c1-3-17-14(12-8-9-12)10-15-18-16(19-20-15)13-6-4-11(2)5-7-13/h4-7,12,14,17H,3,8-10H2,1-2H3. The second kappa shape index (κ2) is 5.75. The van der Waals surface area contributed by atoms with Crippen molar-refractivity contribution in [1.82, 2.24) is 15.5 Å². The van der Waals surface area contributed by atoms with Gasteiger partial charge >= 0.3 is 0 Å². The van der Waals surface area contributed by atoms with Crippen LogP contribution in [0.25, 0.3) is 11.4 Å². The minimum atomic E-state index is 0.478. The monoisotopic (exact) mass is 271 g/mol. The number of nitrogens with one attached hydrogen (secondary N) is 1. The van der Waals surface area contributed by atoms with Gasteiger partial charge in [0, 0.05) is 18.0 Å². The minimum Gasteiger partial charge on any atom is -0.339 e. The van der Waals surface area contributed by atoms with E-state index in [0.29, 0.717) is 11.9 Å². The number of nitrogens with zero attached hydrogens (tertiary/aromatic N) is 2. The third-order valence-electron chi connectivity index (χ3n) is 3.83. The van der Waals surface area contributed by atoms with Gasteiger partial charge in [0.05, 0.1) is 0 Å². The summed E-state index contributed by atoms with van der Waals surface area (Å²) in [6.45, 7) is 5.20. The molecule has 1 aliphatic rings. The highest BCUT2D eigenvalue weighted by Gasteiger charge is 2.31. The van der Waals surface area contributed by atoms with Crippen molar-refractivity contribution in [2.24, 2.45) is 5.92 Å². The molecule has 20 heavy (non-hydrogen) atoms. The first kappa shape index (κ1) is 13.3. The van der Waals surface area contributed by atoms with Crippen LogP contribution in [0.4, 0.5) is 0 Å². The lowest BCUT2D eigenvalue weighted by molar-refractivity contribution is 0.348. The van der Waals surface area contributed by atoms with Crippen LogP contribution in [-0.4, -0.2) is 22.7 Å². The lowest BCUT2D eigenvalue weighted by Crippen LogP contribution is -2.33. The highest BCUT2D eigenvalue weighted by atomic mass is 16.5. The van der Waals surface area contributed by atoms with Gasteiger partial charge in [0.1, 0.15) is 0 Å². The summed E-state index contributed by atoms with van der Waals surface area (Å²) < 4.78 is 5.40. The number of likely N-dealkylation sites (N-methyl/N-ethyl adjacent to an activating group) is 1. The Morgan fingerprint density at radius 2 is 2.05 bits per heavy atom. The Labute approximate surface area is 119 Å². The molecule has 1 unspecified atom stereocenters. The highest BCUT2D eigenvalue weighted by Crippen LogP contribution is 2.34. The molecule has 1 heterocycles. The Morgan fingerprint density at radius 3 is 2.70 bits per heavy atom. The van der Waals surface area contributed by atoms with Gasteiger partial charge in [-0.1, -0.05) is 41.9 Å². The zero-order valence-electron chi connectivity index (χ0n) is 12.1. The van der Waals surface area contributed by atoms with E-state index in [1.54, 1.807) is 0 Å². The van der Waals surface area contributed by atoms with Crippen molar-refractivity contribution in [2.75, 3.05) is 6.54 Å². The molecule has 0 spiro atoms. The molecule has 4 nitrogen and oxygen atoms in total. The maximum atomic E-state index is 5.40. The van der Waals surface area contributed by atoms with Crippen LogP contribution in [0, 0.1) is 12.8 Å². The number of hydrogen-bond acceptors (Lipinski definition) is 4. The van der Waals surface area contributed by atoms with Crippen LogP contribution < -0.4 is 5.32 Å². The van der Waals surface area contributed by atoms with Crippen LogP contribution in [-0.2, 0) is 6.42 Å². The summed E-state index contributed by atoms with van der Waals surface area (Å²) in [4.78, 5) is 4.52. The van der Waals surface area contributed by atoms with E-state index in [1.807, 2.05) is 12.1 Å². The van der Waals surface area contributed by atoms with Crippen LogP contribution in [0.2, 0.25) is 0 Å². The second-order valence-corrected chi connectivity index (χ2v) is 5.58. The molecular weight excluding hydrogens is 250 g/mol. The molecule has 1 aromatic carbocycles. The molecule has 2 aromatic rings. The third kappa shape index (κ3) is 3.07. The van der Waals surface area contributed by atoms with Crippen LogP contribution >= 0.6 is 0 Å². The quantitative estimate of drug-likeness (QED) is 0.877. The molecule has 1 atom stereocenters. The molecule has 0 saturated heterocycles. The van der Waals surface area contributed by atoms with E-state index in [1.165, 1.54) is 18.4 Å². The summed E-state index contributed by atoms with van der Waals surface area (Å²) in [6.07, 6.45) is 3.46. The van der Waals surface area contributed by atoms with Crippen LogP contribution in [0.15, 0.2) is 28.8 Å². The van der Waals surface area contributed by atoms with Gasteiger partial charge in [-0.15, -0.1) is 0 Å². The van der Waals surface area contributed by atoms with E-state index in [2.05, 4.69) is 41.4 Å². The zero-order valence-corrected chi connectivity index (χ0v) is 12.1. The SMILES string of the molecule is CCNC(Cc1nc(-c2ccc(C)cc2)no1)C1CC1. The van der Waals surface area contributed by atoms with Crippen LogP contribution in [0.1, 0.15) is 31.2 Å². The Morgan fingerprint density at radius 1 is 1.30 bits per heavy atom. The molecule has 4 heteroatoms. The van der Waals surface area contributed by atoms with E-state index < -0.39 is 0 Å². The molecule has 106 valence electrons. The number of rotatable bonds is 6. The first-order valence-corrected chi connectivity index (χ1v) is 7.39. The van der Waals surface area contributed by atoms with Crippen molar-refractivity contribution in [2.45, 2.75) is 39.2 Å². The Hall–Kier alpha value is -1.68. The first-order valence-electron chi connectivity index (χ1n) is 7.39. The number of hydrogen-bond donors (Lipinski definition) is 1. The molecule has 3 rings (SSSR count). The van der Waals surface area contributed by atoms with Gasteiger partial charge < -0.3 is 9.84 Å². The third-order valence-corrected chi connectivity index (χ3v) is 3.83. The molecule has 0 radical (unpaired) electrons. The van der Waals surface area contributed by atoms with E-state index >= 15 is 0 Å². The van der Waals surface area contributed by atoms with Gasteiger partial charge in [-0.3, -0.25) is 0 Å². The van der Waals surface area contributed by atoms with Gasteiger partial charge in [0.15, 0.2) is 0 Å². The van der Waals surface area contributed by atoms with Crippen LogP contribution in [0.5, 0.6) is 0 Å². The molecule has 1 fully saturated rings. The van der Waals surface area contributed by atoms with E-state index in [4.69, 9.17) is 4.52 Å². The predicted molar refractivity (Wildman–Crippen MR) is 78.4 cm³/mol. The van der Waals surface area contributed by atoms with Crippen molar-refractivity contribution >= 4 is 0 Å². The minimum absolute atomic E-state index is 0.478. The second-order valence-electron chi connectivity index (χ2n) is 5.58. The molecule has 0 bridgehead atoms. The van der Waals surface area contributed by atoms with Crippen molar-refractivity contribution in [3.8, 4) is 11.4 Å². The van der Waals surface area contributed by atoms with Gasteiger partial charge in [0.25, 0.3) is 0 Å². The smallest absolute Gasteiger partial charge is 0.228 e. The topological polar surface area (TPSA) is 51.0 Å². The Kier molecular flexibility index (Phi) is 3.83. The maximum Gasteiger partial charge on any atom is 0.228 e. The molecule has 1 saturated carbocycles. The van der Waals surface area contributed by atoms with Crippen LogP contribution in [0.3, 0.4) is 0 Å². The predicted octanol–water partition coefficient (Wildman–Crippen LogP) is 2.98. The molecule has 1 N–H and O–H groups in total. The number of aromatic nitrogens is 2. The molecule has 1 aliphatic carbocycles. The Bertz CT molecular complexity index is 557.